The summed E-state index contributed by atoms with van der Waals surface area (Å²) >= 11 is 0. The average molecular weight is 220 g/mol. The lowest BCUT2D eigenvalue weighted by atomic mass is 9.84. The van der Waals surface area contributed by atoms with Gasteiger partial charge in [0, 0.05) is 12.0 Å². The third kappa shape index (κ3) is 3.95. The van der Waals surface area contributed by atoms with Crippen LogP contribution in [0.3, 0.4) is 0 Å². The lowest BCUT2D eigenvalue weighted by Crippen LogP contribution is -2.34. The van der Waals surface area contributed by atoms with Gasteiger partial charge in [-0.3, -0.25) is 0 Å². The van der Waals surface area contributed by atoms with E-state index in [1.54, 1.807) is 0 Å². The molecule has 1 aromatic rings. The van der Waals surface area contributed by atoms with Gasteiger partial charge < -0.3 is 11.1 Å². The summed E-state index contributed by atoms with van der Waals surface area (Å²) in [5.74, 6) is 0. The van der Waals surface area contributed by atoms with Gasteiger partial charge in [0.15, 0.2) is 0 Å². The predicted molar refractivity (Wildman–Crippen MR) is 70.7 cm³/mol. The van der Waals surface area contributed by atoms with Gasteiger partial charge in [-0.05, 0) is 32.0 Å². The van der Waals surface area contributed by atoms with E-state index in [0.717, 1.165) is 26.1 Å². The first kappa shape index (κ1) is 13.2. The van der Waals surface area contributed by atoms with Crippen molar-refractivity contribution in [3.05, 3.63) is 35.4 Å². The molecule has 0 spiro atoms. The van der Waals surface area contributed by atoms with Crippen molar-refractivity contribution in [2.75, 3.05) is 19.6 Å². The van der Waals surface area contributed by atoms with Crippen LogP contribution in [0.1, 0.15) is 31.4 Å². The maximum absolute atomic E-state index is 5.47. The molecule has 0 aromatic heterocycles. The van der Waals surface area contributed by atoms with Gasteiger partial charge in [0.1, 0.15) is 0 Å². The third-order valence-corrected chi connectivity index (χ3v) is 2.92. The average Bonchev–Trinajstić information content (AvgIpc) is 2.24. The first-order chi connectivity index (χ1) is 7.56. The van der Waals surface area contributed by atoms with E-state index in [1.165, 1.54) is 11.1 Å². The van der Waals surface area contributed by atoms with Crippen molar-refractivity contribution in [1.29, 1.82) is 0 Å². The molecule has 16 heavy (non-hydrogen) atoms. The Morgan fingerprint density at radius 3 is 2.69 bits per heavy atom. The highest BCUT2D eigenvalue weighted by molar-refractivity contribution is 5.28. The zero-order valence-corrected chi connectivity index (χ0v) is 10.7. The maximum atomic E-state index is 5.47. The van der Waals surface area contributed by atoms with Gasteiger partial charge >= 0.3 is 0 Å². The van der Waals surface area contributed by atoms with E-state index in [0.29, 0.717) is 0 Å². The SMILES string of the molecule is Cc1cccc(C(C)(C)CNCCCN)c1. The zero-order valence-electron chi connectivity index (χ0n) is 10.7. The molecule has 0 amide bonds. The molecule has 0 saturated heterocycles. The summed E-state index contributed by atoms with van der Waals surface area (Å²) in [6.07, 6.45) is 1.05. The molecule has 1 aromatic carbocycles. The smallest absolute Gasteiger partial charge is 0.00431 e. The van der Waals surface area contributed by atoms with Crippen LogP contribution in [0, 0.1) is 6.92 Å². The van der Waals surface area contributed by atoms with Crippen LogP contribution in [0.15, 0.2) is 24.3 Å². The molecule has 0 aliphatic carbocycles. The number of hydrogen-bond acceptors (Lipinski definition) is 2. The lowest BCUT2D eigenvalue weighted by molar-refractivity contribution is 0.467. The molecule has 90 valence electrons. The summed E-state index contributed by atoms with van der Waals surface area (Å²) in [6.45, 7) is 9.45. The molecule has 0 unspecified atom stereocenters. The fraction of sp³-hybridized carbons (Fsp3) is 0.571. The summed E-state index contributed by atoms with van der Waals surface area (Å²) in [5, 5.41) is 3.46. The summed E-state index contributed by atoms with van der Waals surface area (Å²) in [5.41, 5.74) is 8.37. The Kier molecular flexibility index (Phi) is 4.97. The lowest BCUT2D eigenvalue weighted by Gasteiger charge is -2.26. The van der Waals surface area contributed by atoms with Crippen LogP contribution in [0.2, 0.25) is 0 Å². The van der Waals surface area contributed by atoms with Crippen LogP contribution in [-0.2, 0) is 5.41 Å². The Morgan fingerprint density at radius 1 is 1.31 bits per heavy atom. The van der Waals surface area contributed by atoms with Gasteiger partial charge in [-0.1, -0.05) is 43.7 Å². The van der Waals surface area contributed by atoms with Gasteiger partial charge in [0.25, 0.3) is 0 Å². The highest BCUT2D eigenvalue weighted by Crippen LogP contribution is 2.22. The van der Waals surface area contributed by atoms with Crippen LogP contribution in [0.25, 0.3) is 0 Å². The van der Waals surface area contributed by atoms with Crippen molar-refractivity contribution in [1.82, 2.24) is 5.32 Å². The number of nitrogens with two attached hydrogens (primary N) is 1. The minimum atomic E-state index is 0.181. The summed E-state index contributed by atoms with van der Waals surface area (Å²) in [7, 11) is 0. The highest BCUT2D eigenvalue weighted by Gasteiger charge is 2.19. The van der Waals surface area contributed by atoms with Crippen molar-refractivity contribution < 1.29 is 0 Å². The Balaban J connectivity index is 2.55. The summed E-state index contributed by atoms with van der Waals surface area (Å²) < 4.78 is 0. The minimum absolute atomic E-state index is 0.181. The first-order valence-corrected chi connectivity index (χ1v) is 6.04. The van der Waals surface area contributed by atoms with Crippen molar-refractivity contribution in [3.63, 3.8) is 0 Å². The van der Waals surface area contributed by atoms with Crippen LogP contribution in [0.4, 0.5) is 0 Å². The van der Waals surface area contributed by atoms with Gasteiger partial charge in [-0.25, -0.2) is 0 Å². The van der Waals surface area contributed by atoms with Gasteiger partial charge in [0.2, 0.25) is 0 Å². The molecule has 0 radical (unpaired) electrons. The largest absolute Gasteiger partial charge is 0.330 e. The Morgan fingerprint density at radius 2 is 2.06 bits per heavy atom. The predicted octanol–water partition coefficient (Wildman–Crippen LogP) is 2.21. The number of hydrogen-bond donors (Lipinski definition) is 2. The number of nitrogens with one attached hydrogen (secondary N) is 1. The van der Waals surface area contributed by atoms with E-state index in [-0.39, 0.29) is 5.41 Å². The van der Waals surface area contributed by atoms with E-state index in [4.69, 9.17) is 5.73 Å². The van der Waals surface area contributed by atoms with Crippen molar-refractivity contribution in [2.24, 2.45) is 5.73 Å². The van der Waals surface area contributed by atoms with Gasteiger partial charge in [0.05, 0.1) is 0 Å². The normalized spacial score (nSPS) is 11.8. The number of benzene rings is 1. The molecule has 0 fully saturated rings. The molecule has 2 nitrogen and oxygen atoms in total. The minimum Gasteiger partial charge on any atom is -0.330 e. The van der Waals surface area contributed by atoms with E-state index >= 15 is 0 Å². The topological polar surface area (TPSA) is 38.0 Å². The van der Waals surface area contributed by atoms with Crippen LogP contribution in [0.5, 0.6) is 0 Å². The first-order valence-electron chi connectivity index (χ1n) is 6.04. The molecular weight excluding hydrogens is 196 g/mol. The maximum Gasteiger partial charge on any atom is 0.00431 e. The third-order valence-electron chi connectivity index (χ3n) is 2.92. The molecule has 0 atom stereocenters. The number of rotatable bonds is 6. The molecule has 0 bridgehead atoms. The van der Waals surface area contributed by atoms with Crippen LogP contribution in [-0.4, -0.2) is 19.6 Å². The van der Waals surface area contributed by atoms with E-state index < -0.39 is 0 Å². The second-order valence-corrected chi connectivity index (χ2v) is 5.07. The second kappa shape index (κ2) is 6.02. The van der Waals surface area contributed by atoms with E-state index in [1.807, 2.05) is 0 Å². The van der Waals surface area contributed by atoms with E-state index in [9.17, 15) is 0 Å². The molecule has 1 rings (SSSR count). The standard InChI is InChI=1S/C14H24N2/c1-12-6-4-7-13(10-12)14(2,3)11-16-9-5-8-15/h4,6-7,10,16H,5,8-9,11,15H2,1-3H3. The fourth-order valence-electron chi connectivity index (χ4n) is 1.80. The van der Waals surface area contributed by atoms with Gasteiger partial charge in [-0.2, -0.15) is 0 Å². The van der Waals surface area contributed by atoms with Crippen LogP contribution >= 0.6 is 0 Å². The quantitative estimate of drug-likeness (QED) is 0.721. The van der Waals surface area contributed by atoms with Crippen LogP contribution < -0.4 is 11.1 Å². The molecule has 2 heteroatoms. The molecule has 0 heterocycles. The molecule has 3 N–H and O–H groups in total. The molecule has 0 aliphatic heterocycles. The van der Waals surface area contributed by atoms with Crippen molar-refractivity contribution >= 4 is 0 Å². The van der Waals surface area contributed by atoms with Crippen molar-refractivity contribution in [3.8, 4) is 0 Å². The van der Waals surface area contributed by atoms with E-state index in [2.05, 4.69) is 50.4 Å². The Hall–Kier alpha value is -0.860. The number of aryl methyl sites for hydroxylation is 1. The zero-order chi connectivity index (χ0) is 12.0. The van der Waals surface area contributed by atoms with Crippen molar-refractivity contribution in [2.45, 2.75) is 32.6 Å². The Labute approximate surface area is 99.2 Å². The summed E-state index contributed by atoms with van der Waals surface area (Å²) in [4.78, 5) is 0. The fourth-order valence-corrected chi connectivity index (χ4v) is 1.80. The second-order valence-electron chi connectivity index (χ2n) is 5.07. The highest BCUT2D eigenvalue weighted by atomic mass is 14.9. The summed E-state index contributed by atoms with van der Waals surface area (Å²) in [6, 6.07) is 8.75. The van der Waals surface area contributed by atoms with Gasteiger partial charge in [-0.15, -0.1) is 0 Å². The molecule has 0 aliphatic rings. The molecule has 0 saturated carbocycles. The monoisotopic (exact) mass is 220 g/mol. The molecular formula is C14H24N2. The Bertz CT molecular complexity index is 318.